The predicted octanol–water partition coefficient (Wildman–Crippen LogP) is 2.71. The lowest BCUT2D eigenvalue weighted by Gasteiger charge is -2.15. The first-order chi connectivity index (χ1) is 12.5. The predicted molar refractivity (Wildman–Crippen MR) is 95.9 cm³/mol. The van der Waals surface area contributed by atoms with E-state index in [1.165, 1.54) is 31.8 Å². The van der Waals surface area contributed by atoms with Gasteiger partial charge in [-0.2, -0.15) is 0 Å². The minimum atomic E-state index is -0.941. The molecule has 2 N–H and O–H groups in total. The van der Waals surface area contributed by atoms with E-state index in [4.69, 9.17) is 24.5 Å². The number of amides is 1. The quantitative estimate of drug-likeness (QED) is 0.809. The molecule has 1 aromatic carbocycles. The molecule has 2 rings (SSSR count). The third kappa shape index (κ3) is 3.84. The summed E-state index contributed by atoms with van der Waals surface area (Å²) in [6.07, 6.45) is 3.16. The van der Waals surface area contributed by atoms with Crippen LogP contribution >= 0.6 is 0 Å². The molecule has 1 atom stereocenters. The molecular weight excluding hydrogens is 336 g/mol. The highest BCUT2D eigenvalue weighted by molar-refractivity contribution is 6.01. The smallest absolute Gasteiger partial charge is 0.467 e. The van der Waals surface area contributed by atoms with Crippen LogP contribution in [0.2, 0.25) is 0 Å². The van der Waals surface area contributed by atoms with E-state index in [0.717, 1.165) is 0 Å². The Bertz CT molecular complexity index is 925. The summed E-state index contributed by atoms with van der Waals surface area (Å²) in [5.74, 6) is -1.20. The van der Waals surface area contributed by atoms with E-state index < -0.39 is 17.9 Å². The number of imidazole rings is 1. The molecule has 9 nitrogen and oxygen atoms in total. The first-order valence-electron chi connectivity index (χ1n) is 7.30. The van der Waals surface area contributed by atoms with Gasteiger partial charge in [-0.25, -0.2) is 9.78 Å². The first-order valence-corrected chi connectivity index (χ1v) is 7.30. The lowest BCUT2D eigenvalue weighted by molar-refractivity contribution is -0.142. The number of carbonyl (C=O) groups excluding carboxylic acids is 2. The average Bonchev–Trinajstić information content (AvgIpc) is 3.18. The van der Waals surface area contributed by atoms with Gasteiger partial charge in [0.25, 0.3) is 25.6 Å². The maximum absolute atomic E-state index is 12.6. The third-order valence-corrected chi connectivity index (χ3v) is 3.51. The molecule has 1 aromatic heterocycles. The van der Waals surface area contributed by atoms with E-state index in [0.29, 0.717) is 5.69 Å². The fraction of sp³-hybridized carbons (Fsp3) is 0.176. The normalized spacial score (nSPS) is 10.7. The van der Waals surface area contributed by atoms with Crippen LogP contribution in [0.1, 0.15) is 16.1 Å². The maximum atomic E-state index is 12.6. The number of carbonyl (C=O) groups is 2. The minimum absolute atomic E-state index is 0.115. The molecule has 1 heterocycles. The Hall–Kier alpha value is -4.16. The average molecular weight is 351 g/mol. The van der Waals surface area contributed by atoms with E-state index in [1.807, 2.05) is 0 Å². The summed E-state index contributed by atoms with van der Waals surface area (Å²) < 4.78 is 4.73. The van der Waals surface area contributed by atoms with Crippen LogP contribution in [0.5, 0.6) is 0 Å². The van der Waals surface area contributed by atoms with Gasteiger partial charge < -0.3 is 15.0 Å². The monoisotopic (exact) mass is 351 g/mol. The molecule has 0 bridgehead atoms. The summed E-state index contributed by atoms with van der Waals surface area (Å²) in [6, 6.07) is 1.75. The highest BCUT2D eigenvalue weighted by Gasteiger charge is 2.35. The maximum Gasteiger partial charge on any atom is 0.518 e. The van der Waals surface area contributed by atoms with Gasteiger partial charge in [-0.1, -0.05) is 0 Å². The van der Waals surface area contributed by atoms with Crippen molar-refractivity contribution < 1.29 is 14.3 Å². The first kappa shape index (κ1) is 18.2. The van der Waals surface area contributed by atoms with Gasteiger partial charge in [0.1, 0.15) is 6.04 Å². The summed E-state index contributed by atoms with van der Waals surface area (Å²) in [7, 11) is 1.23. The van der Waals surface area contributed by atoms with E-state index >= 15 is 0 Å². The number of nitrogens with one attached hydrogen (secondary N) is 2. The number of aromatic nitrogens is 2. The molecule has 26 heavy (non-hydrogen) atoms. The van der Waals surface area contributed by atoms with Gasteiger partial charge in [0, 0.05) is 18.3 Å². The second-order valence-electron chi connectivity index (χ2n) is 5.08. The molecule has 0 saturated carbocycles. The van der Waals surface area contributed by atoms with Crippen molar-refractivity contribution in [3.8, 4) is 19.7 Å². The number of H-pyrrole nitrogens is 1. The van der Waals surface area contributed by atoms with Crippen molar-refractivity contribution in [3.05, 3.63) is 50.4 Å². The largest absolute Gasteiger partial charge is 0.518 e. The molecule has 0 aliphatic heterocycles. The van der Waals surface area contributed by atoms with Crippen LogP contribution in [0, 0.1) is 19.7 Å². The molecule has 0 aliphatic rings. The number of hydrogen-bond donors (Lipinski definition) is 2. The van der Waals surface area contributed by atoms with Gasteiger partial charge in [0.15, 0.2) is 0 Å². The summed E-state index contributed by atoms with van der Waals surface area (Å²) in [4.78, 5) is 41.8. The van der Waals surface area contributed by atoms with Crippen molar-refractivity contribution in [3.63, 3.8) is 0 Å². The van der Waals surface area contributed by atoms with E-state index in [2.05, 4.69) is 29.8 Å². The molecule has 0 spiro atoms. The highest BCUT2D eigenvalue weighted by Crippen LogP contribution is 2.39. The Morgan fingerprint density at radius 1 is 1.23 bits per heavy atom. The lowest BCUT2D eigenvalue weighted by Crippen LogP contribution is -2.43. The van der Waals surface area contributed by atoms with Crippen LogP contribution < -0.4 is 5.32 Å². The minimum Gasteiger partial charge on any atom is -0.467 e. The van der Waals surface area contributed by atoms with Crippen molar-refractivity contribution in [1.29, 1.82) is 0 Å². The van der Waals surface area contributed by atoms with Gasteiger partial charge in [0.05, 0.1) is 31.1 Å². The van der Waals surface area contributed by atoms with E-state index in [1.54, 1.807) is 0 Å². The zero-order valence-corrected chi connectivity index (χ0v) is 13.8. The fourth-order valence-corrected chi connectivity index (χ4v) is 2.26. The second-order valence-corrected chi connectivity index (χ2v) is 5.08. The van der Waals surface area contributed by atoms with Gasteiger partial charge >= 0.3 is 23.0 Å². The Labute approximate surface area is 149 Å². The highest BCUT2D eigenvalue weighted by atomic mass is 16.5. The molecule has 0 unspecified atom stereocenters. The number of aromatic amines is 1. The standard InChI is InChI=1S/C17H14N6O3/c1-18-12-5-10(6-13(19-2)15(12)20-3)16(24)23-14(17(25)26-4)7-11-8-21-9-22-11/h1-3,5-6,8-9,14H,7H2,4H3,(H-,21,22,23,24)/q+2/p+1/t14-/m1/s1. The number of hydrogen-bond acceptors (Lipinski definition) is 4. The molecule has 9 heteroatoms. The van der Waals surface area contributed by atoms with Gasteiger partial charge in [-0.15, -0.1) is 0 Å². The Kier molecular flexibility index (Phi) is 5.66. The van der Waals surface area contributed by atoms with Crippen molar-refractivity contribution in [2.45, 2.75) is 12.5 Å². The Balaban J connectivity index is 2.32. The molecule has 0 fully saturated rings. The lowest BCUT2D eigenvalue weighted by atomic mass is 10.1. The second kappa shape index (κ2) is 8.09. The van der Waals surface area contributed by atoms with E-state index in [9.17, 15) is 9.59 Å². The van der Waals surface area contributed by atoms with Gasteiger partial charge in [-0.05, 0) is 14.5 Å². The number of esters is 1. The Morgan fingerprint density at radius 2 is 1.88 bits per heavy atom. The van der Waals surface area contributed by atoms with Crippen molar-refractivity contribution in [2.75, 3.05) is 7.11 Å². The molecule has 0 radical (unpaired) electrons. The summed E-state index contributed by atoms with van der Waals surface area (Å²) in [5, 5.41) is 2.57. The molecule has 128 valence electrons. The van der Waals surface area contributed by atoms with Crippen LogP contribution in [-0.4, -0.2) is 35.0 Å². The molecule has 0 saturated heterocycles. The molecule has 2 aromatic rings. The van der Waals surface area contributed by atoms with Crippen LogP contribution in [-0.2, 0) is 16.0 Å². The zero-order valence-electron chi connectivity index (χ0n) is 13.8. The number of ether oxygens (including phenoxy) is 1. The number of rotatable bonds is 5. The fourth-order valence-electron chi connectivity index (χ4n) is 2.26. The Morgan fingerprint density at radius 3 is 2.35 bits per heavy atom. The molecule has 1 amide bonds. The van der Waals surface area contributed by atoms with Crippen molar-refractivity contribution in [2.24, 2.45) is 0 Å². The SMILES string of the molecule is C#[N+]c1cc(C(=O)N[C@H](Cc2cnc[nH]2)C(=O)OC)cc([N+]#C)c1[N+]#C. The number of nitrogens with zero attached hydrogens (tertiary/aromatic N) is 4. The summed E-state index contributed by atoms with van der Waals surface area (Å²) in [6.45, 7) is 15.8. The summed E-state index contributed by atoms with van der Waals surface area (Å²) >= 11 is 0. The van der Waals surface area contributed by atoms with E-state index in [-0.39, 0.29) is 29.0 Å². The number of benzene rings is 1. The van der Waals surface area contributed by atoms with Crippen LogP contribution in [0.3, 0.4) is 0 Å². The van der Waals surface area contributed by atoms with Crippen LogP contribution in [0.4, 0.5) is 17.1 Å². The topological polar surface area (TPSA) is 97.2 Å². The van der Waals surface area contributed by atoms with Gasteiger partial charge in [-0.3, -0.25) is 4.79 Å². The third-order valence-electron chi connectivity index (χ3n) is 3.51. The van der Waals surface area contributed by atoms with Crippen LogP contribution in [0.25, 0.3) is 14.5 Å². The van der Waals surface area contributed by atoms with Crippen LogP contribution in [0.15, 0.2) is 24.7 Å². The zero-order chi connectivity index (χ0) is 19.1. The van der Waals surface area contributed by atoms with Gasteiger partial charge in [0.2, 0.25) is 0 Å². The summed E-state index contributed by atoms with van der Waals surface area (Å²) in [5.41, 5.74) is 1.13. The van der Waals surface area contributed by atoms with Crippen molar-refractivity contribution >= 4 is 28.9 Å². The van der Waals surface area contributed by atoms with Crippen molar-refractivity contribution in [1.82, 2.24) is 15.3 Å². The molecular formula is C17H15N6O3+3. The molecule has 0 aliphatic carbocycles. The number of methoxy groups -OCH3 is 1.